The highest BCUT2D eigenvalue weighted by molar-refractivity contribution is 7.84. The summed E-state index contributed by atoms with van der Waals surface area (Å²) in [5.41, 5.74) is -1.51. The molecule has 1 heterocycles. The average Bonchev–Trinajstić information content (AvgIpc) is 2.69. The molecular weight excluding hydrogens is 491 g/mol. The van der Waals surface area contributed by atoms with E-state index in [9.17, 15) is 34.9 Å². The van der Waals surface area contributed by atoms with Crippen molar-refractivity contribution >= 4 is 22.6 Å². The zero-order chi connectivity index (χ0) is 24.5. The van der Waals surface area contributed by atoms with Gasteiger partial charge in [0.2, 0.25) is 11.0 Å². The van der Waals surface area contributed by atoms with Crippen LogP contribution in [0.3, 0.4) is 0 Å². The summed E-state index contributed by atoms with van der Waals surface area (Å²) in [7, 11) is -2.91. The first kappa shape index (κ1) is 26.7. The third-order valence-electron chi connectivity index (χ3n) is 4.49. The maximum atomic E-state index is 14.1. The molecule has 0 aromatic heterocycles. The second kappa shape index (κ2) is 9.76. The van der Waals surface area contributed by atoms with E-state index in [2.05, 4.69) is 11.6 Å². The molecule has 1 aliphatic heterocycles. The molecule has 0 bridgehead atoms. The summed E-state index contributed by atoms with van der Waals surface area (Å²) in [6, 6.07) is 6.08. The molecule has 1 unspecified atom stereocenters. The lowest BCUT2D eigenvalue weighted by Gasteiger charge is -2.41. The summed E-state index contributed by atoms with van der Waals surface area (Å²) in [6.07, 6.45) is -7.01. The largest absolute Gasteiger partial charge is 0.496 e. The molecule has 0 N–H and O–H groups in total. The number of rotatable bonds is 8. The van der Waals surface area contributed by atoms with Crippen molar-refractivity contribution in [2.45, 2.75) is 49.2 Å². The van der Waals surface area contributed by atoms with Crippen LogP contribution in [0.15, 0.2) is 36.0 Å². The molecule has 4 nitrogen and oxygen atoms in total. The van der Waals surface area contributed by atoms with Gasteiger partial charge in [-0.2, -0.15) is 30.7 Å². The minimum atomic E-state index is -5.50. The van der Waals surface area contributed by atoms with Gasteiger partial charge in [-0.1, -0.05) is 32.0 Å². The molecule has 0 saturated heterocycles. The minimum absolute atomic E-state index is 0.203. The number of nitrogens with zero attached hydrogens (tertiary/aromatic N) is 1. The number of benzene rings is 1. The van der Waals surface area contributed by atoms with E-state index in [-0.39, 0.29) is 34.6 Å². The monoisotopic (exact) mass is 511 g/mol. The Labute approximate surface area is 187 Å². The molecule has 0 amide bonds. The Morgan fingerprint density at radius 1 is 1.16 bits per heavy atom. The molecule has 0 saturated carbocycles. The van der Waals surface area contributed by atoms with Gasteiger partial charge < -0.3 is 9.47 Å². The van der Waals surface area contributed by atoms with E-state index >= 15 is 0 Å². The maximum Gasteiger partial charge on any atom is 0.431 e. The second-order valence-electron chi connectivity index (χ2n) is 7.41. The van der Waals surface area contributed by atoms with Crippen LogP contribution in [0.1, 0.15) is 31.7 Å². The SMILES string of the molecule is COc1ccccc1[C@H]1C=C(C(F)(F)F)N(S(=O)C(F)(F)C(F)(F)Cl)[C@@H](OCC(C)C)C1. The first-order valence-electron chi connectivity index (χ1n) is 9.30. The van der Waals surface area contributed by atoms with Crippen LogP contribution in [0, 0.1) is 5.92 Å². The van der Waals surface area contributed by atoms with Gasteiger partial charge in [-0.15, -0.1) is 0 Å². The standard InChI is InChI=1S/C19H21ClF7NO3S/c1-11(2)10-31-16-9-12(13-6-4-5-7-14(13)30-3)8-15(17(21,22)23)28(16)32(29)19(26,27)18(20,24)25/h4-8,11-12,16H,9-10H2,1-3H3/t12-,16-,32?/m0/s1. The van der Waals surface area contributed by atoms with Crippen LogP contribution in [-0.2, 0) is 15.7 Å². The molecule has 0 fully saturated rings. The van der Waals surface area contributed by atoms with E-state index in [4.69, 9.17) is 9.47 Å². The van der Waals surface area contributed by atoms with Gasteiger partial charge in [0.25, 0.3) is 0 Å². The molecule has 0 radical (unpaired) electrons. The predicted molar refractivity (Wildman–Crippen MR) is 105 cm³/mol. The van der Waals surface area contributed by atoms with Crippen molar-refractivity contribution < 1.29 is 44.4 Å². The summed E-state index contributed by atoms with van der Waals surface area (Å²) >= 11 is 4.38. The number of ether oxygens (including phenoxy) is 2. The van der Waals surface area contributed by atoms with E-state index in [1.54, 1.807) is 19.9 Å². The fourth-order valence-corrected chi connectivity index (χ4v) is 4.41. The Hall–Kier alpha value is -1.53. The van der Waals surface area contributed by atoms with Crippen LogP contribution >= 0.6 is 11.6 Å². The highest BCUT2D eigenvalue weighted by atomic mass is 35.5. The minimum Gasteiger partial charge on any atom is -0.496 e. The van der Waals surface area contributed by atoms with Crippen LogP contribution in [-0.4, -0.2) is 45.3 Å². The lowest BCUT2D eigenvalue weighted by molar-refractivity contribution is -0.133. The zero-order valence-electron chi connectivity index (χ0n) is 17.1. The van der Waals surface area contributed by atoms with E-state index in [0.29, 0.717) is 6.08 Å². The average molecular weight is 512 g/mol. The van der Waals surface area contributed by atoms with Crippen molar-refractivity contribution in [3.63, 3.8) is 0 Å². The van der Waals surface area contributed by atoms with Crippen LogP contribution < -0.4 is 4.74 Å². The molecule has 182 valence electrons. The molecule has 2 rings (SSSR count). The molecule has 1 aromatic carbocycles. The summed E-state index contributed by atoms with van der Waals surface area (Å²) in [4.78, 5) is 0. The highest BCUT2D eigenvalue weighted by Crippen LogP contribution is 2.48. The molecule has 1 aromatic rings. The Bertz CT molecular complexity index is 858. The summed E-state index contributed by atoms with van der Waals surface area (Å²) < 4.78 is 119. The topological polar surface area (TPSA) is 38.8 Å². The van der Waals surface area contributed by atoms with E-state index < -0.39 is 45.6 Å². The Balaban J connectivity index is 2.65. The Morgan fingerprint density at radius 2 is 1.75 bits per heavy atom. The van der Waals surface area contributed by atoms with Gasteiger partial charge in [-0.25, -0.2) is 4.21 Å². The lowest BCUT2D eigenvalue weighted by Crippen LogP contribution is -2.54. The molecule has 1 aliphatic rings. The number of halogens is 8. The van der Waals surface area contributed by atoms with Gasteiger partial charge in [0.15, 0.2) is 0 Å². The fourth-order valence-electron chi connectivity index (χ4n) is 3.07. The third kappa shape index (κ3) is 5.69. The molecule has 0 aliphatic carbocycles. The molecule has 0 spiro atoms. The van der Waals surface area contributed by atoms with Crippen molar-refractivity contribution in [2.24, 2.45) is 5.92 Å². The summed E-state index contributed by atoms with van der Waals surface area (Å²) in [5.74, 6) is -1.08. The first-order chi connectivity index (χ1) is 14.6. The zero-order valence-corrected chi connectivity index (χ0v) is 18.7. The maximum absolute atomic E-state index is 14.1. The molecule has 3 atom stereocenters. The number of alkyl halides is 8. The van der Waals surface area contributed by atoms with Crippen LogP contribution in [0.5, 0.6) is 5.75 Å². The van der Waals surface area contributed by atoms with Gasteiger partial charge >= 0.3 is 16.8 Å². The quantitative estimate of drug-likeness (QED) is 0.316. The summed E-state index contributed by atoms with van der Waals surface area (Å²) in [5, 5.41) is -10.9. The van der Waals surface area contributed by atoms with Crippen LogP contribution in [0.25, 0.3) is 0 Å². The van der Waals surface area contributed by atoms with E-state index in [1.165, 1.54) is 25.3 Å². The Morgan fingerprint density at radius 3 is 2.25 bits per heavy atom. The van der Waals surface area contributed by atoms with Crippen LogP contribution in [0.2, 0.25) is 0 Å². The smallest absolute Gasteiger partial charge is 0.431 e. The van der Waals surface area contributed by atoms with Crippen LogP contribution in [0.4, 0.5) is 30.7 Å². The van der Waals surface area contributed by atoms with Crippen molar-refractivity contribution in [2.75, 3.05) is 13.7 Å². The number of hydrogen-bond donors (Lipinski definition) is 0. The van der Waals surface area contributed by atoms with Gasteiger partial charge in [0.1, 0.15) is 17.7 Å². The number of allylic oxidation sites excluding steroid dienone is 2. The fraction of sp³-hybridized carbons (Fsp3) is 0.579. The van der Waals surface area contributed by atoms with Gasteiger partial charge in [0.05, 0.1) is 13.7 Å². The number of methoxy groups -OCH3 is 1. The summed E-state index contributed by atoms with van der Waals surface area (Å²) in [6.45, 7) is 3.08. The lowest BCUT2D eigenvalue weighted by atomic mass is 9.90. The molecule has 13 heteroatoms. The number of hydrogen-bond acceptors (Lipinski definition) is 3. The normalized spacial score (nSPS) is 21.5. The van der Waals surface area contributed by atoms with Crippen molar-refractivity contribution in [1.82, 2.24) is 4.31 Å². The van der Waals surface area contributed by atoms with Crippen molar-refractivity contribution in [3.05, 3.63) is 41.6 Å². The van der Waals surface area contributed by atoms with Crippen molar-refractivity contribution in [3.8, 4) is 5.75 Å². The third-order valence-corrected chi connectivity index (χ3v) is 6.33. The van der Waals surface area contributed by atoms with Gasteiger partial charge in [-0.3, -0.25) is 4.31 Å². The highest BCUT2D eigenvalue weighted by Gasteiger charge is 2.64. The number of para-hydroxylation sites is 1. The second-order valence-corrected chi connectivity index (χ2v) is 9.28. The van der Waals surface area contributed by atoms with Gasteiger partial charge in [-0.05, 0) is 29.7 Å². The van der Waals surface area contributed by atoms with Gasteiger partial charge in [0, 0.05) is 17.9 Å². The van der Waals surface area contributed by atoms with E-state index in [0.717, 1.165) is 0 Å². The Kier molecular flexibility index (Phi) is 8.15. The van der Waals surface area contributed by atoms with Crippen molar-refractivity contribution in [1.29, 1.82) is 0 Å². The van der Waals surface area contributed by atoms with E-state index in [1.807, 2.05) is 0 Å². The first-order valence-corrected chi connectivity index (χ1v) is 10.8. The molecular formula is C19H21ClF7NO3S. The predicted octanol–water partition coefficient (Wildman–Crippen LogP) is 6.02. The molecule has 32 heavy (non-hydrogen) atoms.